The van der Waals surface area contributed by atoms with Gasteiger partial charge in [-0.2, -0.15) is 0 Å². The van der Waals surface area contributed by atoms with E-state index in [-0.39, 0.29) is 17.4 Å². The van der Waals surface area contributed by atoms with Gasteiger partial charge < -0.3 is 14.5 Å². The summed E-state index contributed by atoms with van der Waals surface area (Å²) in [4.78, 5) is 56.1. The van der Waals surface area contributed by atoms with Crippen LogP contribution in [0.15, 0.2) is 18.1 Å². The summed E-state index contributed by atoms with van der Waals surface area (Å²) < 4.78 is 5.60. The molecule has 1 aromatic rings. The van der Waals surface area contributed by atoms with Gasteiger partial charge in [-0.05, 0) is 50.5 Å². The normalized spacial score (nSPS) is 25.0. The molecule has 3 amide bonds. The van der Waals surface area contributed by atoms with Crippen molar-refractivity contribution >= 4 is 35.5 Å². The van der Waals surface area contributed by atoms with E-state index < -0.39 is 34.1 Å². The van der Waals surface area contributed by atoms with Crippen LogP contribution < -0.4 is 5.01 Å². The number of aromatic nitrogens is 4. The monoisotopic (exact) mass is 477 g/mol. The van der Waals surface area contributed by atoms with Gasteiger partial charge in [0.2, 0.25) is 5.91 Å². The molecule has 0 aliphatic carbocycles. The topological polar surface area (TPSA) is 131 Å². The Hall–Kier alpha value is -2.96. The maximum Gasteiger partial charge on any atom is 0.324 e. The zero-order chi connectivity index (χ0) is 23.9. The predicted octanol–water partition coefficient (Wildman–Crippen LogP) is 0.0480. The molecule has 3 atom stereocenters. The number of amides is 3. The van der Waals surface area contributed by atoms with Gasteiger partial charge in [0, 0.05) is 26.2 Å². The Labute approximate surface area is 195 Å². The zero-order valence-electron chi connectivity index (χ0n) is 19.0. The van der Waals surface area contributed by atoms with E-state index in [0.717, 1.165) is 40.8 Å². The van der Waals surface area contributed by atoms with E-state index in [1.54, 1.807) is 25.7 Å². The molecule has 2 unspecified atom stereocenters. The number of piperidine rings is 1. The fourth-order valence-electron chi connectivity index (χ4n) is 4.11. The molecular weight excluding hydrogens is 450 g/mol. The summed E-state index contributed by atoms with van der Waals surface area (Å²) in [6.07, 6.45) is 5.52. The number of carbonyl (C=O) groups excluding carboxylic acids is 4. The lowest BCUT2D eigenvalue weighted by molar-refractivity contribution is -0.154. The molecule has 33 heavy (non-hydrogen) atoms. The van der Waals surface area contributed by atoms with Crippen LogP contribution >= 0.6 is 11.8 Å². The number of ether oxygens (including phenoxy) is 1. The molecule has 3 aliphatic rings. The lowest BCUT2D eigenvalue weighted by atomic mass is 10.0. The first kappa shape index (κ1) is 23.2. The third-order valence-electron chi connectivity index (χ3n) is 5.54. The number of likely N-dealkylation sites (tertiary alicyclic amines) is 1. The molecular formula is C20H27N7O5S. The number of thioether (sulfide) groups is 1. The SMILES string of the molecule is CC(=O)N(C1C(=O)N2C=C(C(=O)N3CCCCC3)C(C(=O)OC(C)(C)C)S[C@H]12)n1cnnn1. The first-order chi connectivity index (χ1) is 15.6. The van der Waals surface area contributed by atoms with Gasteiger partial charge in [0.15, 0.2) is 12.4 Å². The molecule has 3 aliphatic heterocycles. The number of fused-ring (bicyclic) bond motifs is 1. The summed E-state index contributed by atoms with van der Waals surface area (Å²) in [5.74, 6) is -1.64. The average Bonchev–Trinajstić information content (AvgIpc) is 3.29. The van der Waals surface area contributed by atoms with Crippen LogP contribution in [-0.4, -0.2) is 89.2 Å². The van der Waals surface area contributed by atoms with Crippen LogP contribution in [0.25, 0.3) is 0 Å². The molecule has 0 aromatic carbocycles. The summed E-state index contributed by atoms with van der Waals surface area (Å²) in [6.45, 7) is 7.79. The van der Waals surface area contributed by atoms with Crippen LogP contribution in [0.3, 0.4) is 0 Å². The number of tetrazole rings is 1. The molecule has 2 saturated heterocycles. The van der Waals surface area contributed by atoms with Gasteiger partial charge in [-0.3, -0.25) is 19.2 Å². The highest BCUT2D eigenvalue weighted by Gasteiger charge is 2.57. The van der Waals surface area contributed by atoms with E-state index in [9.17, 15) is 19.2 Å². The molecule has 4 rings (SSSR count). The van der Waals surface area contributed by atoms with Crippen molar-refractivity contribution < 1.29 is 23.9 Å². The van der Waals surface area contributed by atoms with E-state index in [1.165, 1.54) is 24.4 Å². The first-order valence-electron chi connectivity index (χ1n) is 10.8. The van der Waals surface area contributed by atoms with Crippen LogP contribution in [0, 0.1) is 0 Å². The van der Waals surface area contributed by atoms with E-state index in [4.69, 9.17) is 4.74 Å². The predicted molar refractivity (Wildman–Crippen MR) is 117 cm³/mol. The smallest absolute Gasteiger partial charge is 0.324 e. The number of carbonyl (C=O) groups is 4. The zero-order valence-corrected chi connectivity index (χ0v) is 19.8. The third-order valence-corrected chi connectivity index (χ3v) is 7.03. The summed E-state index contributed by atoms with van der Waals surface area (Å²) in [5, 5.41) is 10.4. The van der Waals surface area contributed by atoms with Crippen LogP contribution in [0.5, 0.6) is 0 Å². The summed E-state index contributed by atoms with van der Waals surface area (Å²) in [6, 6.07) is -0.927. The van der Waals surface area contributed by atoms with Crippen molar-refractivity contribution in [3.63, 3.8) is 0 Å². The minimum Gasteiger partial charge on any atom is -0.459 e. The highest BCUT2D eigenvalue weighted by Crippen LogP contribution is 2.43. The molecule has 178 valence electrons. The molecule has 0 spiro atoms. The third kappa shape index (κ3) is 4.45. The van der Waals surface area contributed by atoms with E-state index >= 15 is 0 Å². The quantitative estimate of drug-likeness (QED) is 0.436. The van der Waals surface area contributed by atoms with Crippen molar-refractivity contribution in [2.24, 2.45) is 0 Å². The van der Waals surface area contributed by atoms with E-state index in [2.05, 4.69) is 15.5 Å². The van der Waals surface area contributed by atoms with Gasteiger partial charge in [0.1, 0.15) is 16.2 Å². The second-order valence-electron chi connectivity index (χ2n) is 9.16. The van der Waals surface area contributed by atoms with Gasteiger partial charge in [-0.1, -0.05) is 0 Å². The molecule has 1 aromatic heterocycles. The summed E-state index contributed by atoms with van der Waals surface area (Å²) >= 11 is 1.12. The van der Waals surface area contributed by atoms with Crippen molar-refractivity contribution in [2.45, 2.75) is 69.2 Å². The maximum absolute atomic E-state index is 13.3. The molecule has 13 heteroatoms. The largest absolute Gasteiger partial charge is 0.459 e. The molecule has 2 fully saturated rings. The number of hydrogen-bond acceptors (Lipinski definition) is 9. The fourth-order valence-corrected chi connectivity index (χ4v) is 5.53. The van der Waals surface area contributed by atoms with Crippen molar-refractivity contribution in [2.75, 3.05) is 18.1 Å². The molecule has 12 nitrogen and oxygen atoms in total. The molecule has 4 heterocycles. The van der Waals surface area contributed by atoms with Crippen molar-refractivity contribution in [3.05, 3.63) is 18.1 Å². The first-order valence-corrected chi connectivity index (χ1v) is 11.8. The fraction of sp³-hybridized carbons (Fsp3) is 0.650. The van der Waals surface area contributed by atoms with Gasteiger partial charge in [0.05, 0.1) is 5.57 Å². The molecule has 0 radical (unpaired) electrons. The maximum atomic E-state index is 13.3. The number of esters is 1. The van der Waals surface area contributed by atoms with Gasteiger partial charge >= 0.3 is 5.97 Å². The van der Waals surface area contributed by atoms with Crippen LogP contribution in [0.4, 0.5) is 0 Å². The van der Waals surface area contributed by atoms with Crippen LogP contribution in [0.1, 0.15) is 47.0 Å². The molecule has 0 saturated carbocycles. The number of β-lactam (4-membered cyclic amide) rings is 1. The Morgan fingerprint density at radius 1 is 1.18 bits per heavy atom. The van der Waals surface area contributed by atoms with Crippen molar-refractivity contribution in [3.8, 4) is 0 Å². The molecule has 0 bridgehead atoms. The lowest BCUT2D eigenvalue weighted by Gasteiger charge is -2.51. The highest BCUT2D eigenvalue weighted by molar-refractivity contribution is 8.01. The Kier molecular flexibility index (Phi) is 6.16. The van der Waals surface area contributed by atoms with Gasteiger partial charge in [0.25, 0.3) is 11.8 Å². The number of rotatable bonds is 4. The average molecular weight is 478 g/mol. The Morgan fingerprint density at radius 2 is 1.88 bits per heavy atom. The minimum absolute atomic E-state index is 0.219. The van der Waals surface area contributed by atoms with Crippen molar-refractivity contribution in [1.29, 1.82) is 0 Å². The van der Waals surface area contributed by atoms with E-state index in [0.29, 0.717) is 13.1 Å². The number of hydrogen-bond donors (Lipinski definition) is 0. The second-order valence-corrected chi connectivity index (χ2v) is 10.4. The Balaban J connectivity index is 1.66. The summed E-state index contributed by atoms with van der Waals surface area (Å²) in [7, 11) is 0. The van der Waals surface area contributed by atoms with Crippen molar-refractivity contribution in [1.82, 2.24) is 30.1 Å². The van der Waals surface area contributed by atoms with E-state index in [1.807, 2.05) is 0 Å². The summed E-state index contributed by atoms with van der Waals surface area (Å²) in [5.41, 5.74) is -0.531. The minimum atomic E-state index is -0.932. The van der Waals surface area contributed by atoms with Gasteiger partial charge in [-0.15, -0.1) is 21.7 Å². The molecule has 0 N–H and O–H groups in total. The van der Waals surface area contributed by atoms with Crippen LogP contribution in [0.2, 0.25) is 0 Å². The second kappa shape index (κ2) is 8.76. The van der Waals surface area contributed by atoms with Gasteiger partial charge in [-0.25, -0.2) is 5.01 Å². The Bertz CT molecular complexity index is 983. The standard InChI is InChI=1S/C20H27N7O5S/c1-12(28)27(26-11-21-22-23-26)14-17(30)25-10-13(16(29)24-8-6-5-7-9-24)15(33-18(14)25)19(31)32-20(2,3)4/h10-11,14-15,18H,5-9H2,1-4H3/t14?,15?,18-/m1/s1. The Morgan fingerprint density at radius 3 is 2.45 bits per heavy atom. The van der Waals surface area contributed by atoms with Crippen LogP contribution in [-0.2, 0) is 23.9 Å². The highest BCUT2D eigenvalue weighted by atomic mass is 32.2. The number of nitrogens with zero attached hydrogens (tertiary/aromatic N) is 7. The lowest BCUT2D eigenvalue weighted by Crippen LogP contribution is -2.72.